The van der Waals surface area contributed by atoms with Gasteiger partial charge in [-0.2, -0.15) is 0 Å². The number of nitrogens with zero attached hydrogens (tertiary/aromatic N) is 3. The van der Waals surface area contributed by atoms with E-state index in [0.717, 1.165) is 5.56 Å². The minimum absolute atomic E-state index is 0.0773. The van der Waals surface area contributed by atoms with E-state index in [-0.39, 0.29) is 23.1 Å². The van der Waals surface area contributed by atoms with Gasteiger partial charge in [-0.15, -0.1) is 10.2 Å². The fourth-order valence-electron chi connectivity index (χ4n) is 3.72. The Morgan fingerprint density at radius 2 is 1.72 bits per heavy atom. The van der Waals surface area contributed by atoms with Gasteiger partial charge in [0.25, 0.3) is 0 Å². The van der Waals surface area contributed by atoms with Crippen molar-refractivity contribution in [3.63, 3.8) is 0 Å². The number of hydrogen-bond acceptors (Lipinski definition) is 5. The molecular formula is C24H21FN4O2S. The lowest BCUT2D eigenvalue weighted by Gasteiger charge is -2.10. The Morgan fingerprint density at radius 3 is 2.34 bits per heavy atom. The van der Waals surface area contributed by atoms with E-state index in [0.29, 0.717) is 39.2 Å². The number of rotatable bonds is 7. The number of benzene rings is 2. The number of hydrogen-bond donors (Lipinski definition) is 1. The third-order valence-electron chi connectivity index (χ3n) is 5.15. The second kappa shape index (κ2) is 8.92. The first-order valence-corrected chi connectivity index (χ1v) is 11.0. The molecule has 0 spiro atoms. The van der Waals surface area contributed by atoms with E-state index in [9.17, 15) is 14.0 Å². The number of Topliss-reactive ketones (excluding diaryl/α,β-unsaturated/α-hetero) is 2. The molecule has 6 nitrogen and oxygen atoms in total. The van der Waals surface area contributed by atoms with Crippen molar-refractivity contribution < 1.29 is 14.0 Å². The number of thioether (sulfide) groups is 1. The summed E-state index contributed by atoms with van der Waals surface area (Å²) < 4.78 is 15.3. The Morgan fingerprint density at radius 1 is 1.03 bits per heavy atom. The first-order chi connectivity index (χ1) is 15.4. The zero-order valence-electron chi connectivity index (χ0n) is 17.8. The van der Waals surface area contributed by atoms with Gasteiger partial charge in [-0.1, -0.05) is 42.1 Å². The number of H-pyrrole nitrogens is 1. The van der Waals surface area contributed by atoms with E-state index in [1.54, 1.807) is 30.5 Å². The number of nitrogens with one attached hydrogen (secondary N) is 1. The summed E-state index contributed by atoms with van der Waals surface area (Å²) in [4.78, 5) is 27.9. The third-order valence-corrected chi connectivity index (χ3v) is 6.08. The van der Waals surface area contributed by atoms with Crippen molar-refractivity contribution in [3.8, 4) is 17.1 Å². The molecule has 0 aliphatic rings. The van der Waals surface area contributed by atoms with E-state index >= 15 is 0 Å². The molecule has 1 N–H and O–H groups in total. The van der Waals surface area contributed by atoms with Crippen molar-refractivity contribution in [2.45, 2.75) is 25.9 Å². The van der Waals surface area contributed by atoms with Crippen LogP contribution in [0.2, 0.25) is 0 Å². The predicted molar refractivity (Wildman–Crippen MR) is 122 cm³/mol. The summed E-state index contributed by atoms with van der Waals surface area (Å²) in [6.07, 6.45) is 0. The summed E-state index contributed by atoms with van der Waals surface area (Å²) in [6, 6.07) is 15.6. The van der Waals surface area contributed by atoms with Crippen LogP contribution in [-0.2, 0) is 0 Å². The van der Waals surface area contributed by atoms with Gasteiger partial charge >= 0.3 is 0 Å². The van der Waals surface area contributed by atoms with Gasteiger partial charge in [0.2, 0.25) is 0 Å². The maximum atomic E-state index is 13.5. The van der Waals surface area contributed by atoms with Gasteiger partial charge in [0.05, 0.1) is 11.4 Å². The van der Waals surface area contributed by atoms with Crippen LogP contribution in [0.25, 0.3) is 17.1 Å². The van der Waals surface area contributed by atoms with Crippen molar-refractivity contribution in [2.24, 2.45) is 0 Å². The van der Waals surface area contributed by atoms with Gasteiger partial charge in [0.15, 0.2) is 22.5 Å². The third kappa shape index (κ3) is 4.13. The van der Waals surface area contributed by atoms with Crippen LogP contribution < -0.4 is 0 Å². The fourth-order valence-corrected chi connectivity index (χ4v) is 4.54. The summed E-state index contributed by atoms with van der Waals surface area (Å²) >= 11 is 1.24. The zero-order chi connectivity index (χ0) is 22.8. The van der Waals surface area contributed by atoms with Crippen molar-refractivity contribution in [1.29, 1.82) is 0 Å². The van der Waals surface area contributed by atoms with Crippen LogP contribution >= 0.6 is 11.8 Å². The zero-order valence-corrected chi connectivity index (χ0v) is 18.7. The summed E-state index contributed by atoms with van der Waals surface area (Å²) in [6.45, 7) is 5.04. The molecule has 0 aliphatic carbocycles. The van der Waals surface area contributed by atoms with Gasteiger partial charge in [-0.05, 0) is 50.6 Å². The van der Waals surface area contributed by atoms with E-state index < -0.39 is 0 Å². The van der Waals surface area contributed by atoms with Crippen LogP contribution in [0, 0.1) is 19.7 Å². The van der Waals surface area contributed by atoms with E-state index in [4.69, 9.17) is 0 Å². The minimum atomic E-state index is -0.341. The molecule has 0 fully saturated rings. The summed E-state index contributed by atoms with van der Waals surface area (Å²) in [7, 11) is 0. The molecule has 0 radical (unpaired) electrons. The van der Waals surface area contributed by atoms with Crippen LogP contribution in [0.1, 0.15) is 39.0 Å². The van der Waals surface area contributed by atoms with Crippen molar-refractivity contribution in [1.82, 2.24) is 19.7 Å². The van der Waals surface area contributed by atoms with Crippen LogP contribution in [0.3, 0.4) is 0 Å². The van der Waals surface area contributed by atoms with Gasteiger partial charge in [0, 0.05) is 22.5 Å². The van der Waals surface area contributed by atoms with E-state index in [2.05, 4.69) is 15.2 Å². The number of ketones is 2. The molecule has 4 rings (SSSR count). The Kier molecular flexibility index (Phi) is 6.05. The Balaban J connectivity index is 1.67. The fraction of sp³-hybridized carbons (Fsp3) is 0.167. The normalized spacial score (nSPS) is 11.0. The summed E-state index contributed by atoms with van der Waals surface area (Å²) in [5, 5.41) is 9.14. The average molecular weight is 449 g/mol. The summed E-state index contributed by atoms with van der Waals surface area (Å²) in [5.74, 6) is 0.139. The minimum Gasteiger partial charge on any atom is -0.355 e. The SMILES string of the molecule is CC(=O)c1c(C)[nH]c(C(=O)CSc2nnc(-c3ccccc3)n2-c2ccc(F)cc2)c1C. The molecule has 2 aromatic heterocycles. The number of aromatic amines is 1. The smallest absolute Gasteiger partial charge is 0.196 e. The molecule has 0 amide bonds. The second-order valence-corrected chi connectivity index (χ2v) is 8.32. The molecule has 0 unspecified atom stereocenters. The average Bonchev–Trinajstić information content (AvgIpc) is 3.33. The monoisotopic (exact) mass is 448 g/mol. The number of carbonyl (C=O) groups is 2. The molecule has 162 valence electrons. The molecule has 0 aliphatic heterocycles. The lowest BCUT2D eigenvalue weighted by molar-refractivity contribution is 0.101. The second-order valence-electron chi connectivity index (χ2n) is 7.38. The van der Waals surface area contributed by atoms with Crippen LogP contribution in [-0.4, -0.2) is 37.1 Å². The molecular weight excluding hydrogens is 427 g/mol. The van der Waals surface area contributed by atoms with Crippen molar-refractivity contribution >= 4 is 23.3 Å². The molecule has 0 saturated carbocycles. The number of halogens is 1. The molecule has 0 atom stereocenters. The molecule has 32 heavy (non-hydrogen) atoms. The predicted octanol–water partition coefficient (Wildman–Crippen LogP) is 5.20. The molecule has 2 heterocycles. The maximum absolute atomic E-state index is 13.5. The van der Waals surface area contributed by atoms with Gasteiger partial charge in [-0.3, -0.25) is 14.2 Å². The number of carbonyl (C=O) groups excluding carboxylic acids is 2. The first-order valence-electron chi connectivity index (χ1n) is 9.99. The van der Waals surface area contributed by atoms with Crippen LogP contribution in [0.5, 0.6) is 0 Å². The Hall–Kier alpha value is -3.52. The molecule has 2 aromatic carbocycles. The maximum Gasteiger partial charge on any atom is 0.196 e. The topological polar surface area (TPSA) is 80.6 Å². The van der Waals surface area contributed by atoms with E-state index in [1.165, 1.54) is 30.8 Å². The van der Waals surface area contributed by atoms with Crippen LogP contribution in [0.15, 0.2) is 59.8 Å². The first kappa shape index (κ1) is 21.7. The lowest BCUT2D eigenvalue weighted by atomic mass is 10.1. The van der Waals surface area contributed by atoms with Gasteiger partial charge < -0.3 is 4.98 Å². The quantitative estimate of drug-likeness (QED) is 0.311. The highest BCUT2D eigenvalue weighted by Crippen LogP contribution is 2.29. The largest absolute Gasteiger partial charge is 0.355 e. The Labute approximate surface area is 188 Å². The molecule has 8 heteroatoms. The molecule has 0 saturated heterocycles. The number of aryl methyl sites for hydroxylation is 1. The van der Waals surface area contributed by atoms with Crippen molar-refractivity contribution in [3.05, 3.63) is 82.9 Å². The van der Waals surface area contributed by atoms with Crippen LogP contribution in [0.4, 0.5) is 4.39 Å². The highest BCUT2D eigenvalue weighted by molar-refractivity contribution is 7.99. The highest BCUT2D eigenvalue weighted by Gasteiger charge is 2.22. The van der Waals surface area contributed by atoms with E-state index in [1.807, 2.05) is 30.3 Å². The lowest BCUT2D eigenvalue weighted by Crippen LogP contribution is -2.07. The Bertz CT molecular complexity index is 1290. The highest BCUT2D eigenvalue weighted by atomic mass is 32.2. The van der Waals surface area contributed by atoms with Gasteiger partial charge in [-0.25, -0.2) is 4.39 Å². The number of aromatic nitrogens is 4. The van der Waals surface area contributed by atoms with Crippen molar-refractivity contribution in [2.75, 3.05) is 5.75 Å². The van der Waals surface area contributed by atoms with Gasteiger partial charge in [0.1, 0.15) is 5.82 Å². The standard InChI is InChI=1S/C24H21FN4O2S/c1-14-21(16(3)30)15(2)26-22(14)20(31)13-32-24-28-27-23(17-7-5-4-6-8-17)29(24)19-11-9-18(25)10-12-19/h4-12,26H,13H2,1-3H3. The molecule has 4 aromatic rings. The summed E-state index contributed by atoms with van der Waals surface area (Å²) in [5.41, 5.74) is 3.87. The molecule has 0 bridgehead atoms.